The van der Waals surface area contributed by atoms with Crippen LogP contribution < -0.4 is 0 Å². The van der Waals surface area contributed by atoms with E-state index in [1.165, 1.54) is 7.11 Å². The highest BCUT2D eigenvalue weighted by molar-refractivity contribution is 6.22. The van der Waals surface area contributed by atoms with Crippen molar-refractivity contribution in [1.82, 2.24) is 9.80 Å². The van der Waals surface area contributed by atoms with E-state index in [0.717, 1.165) is 4.90 Å². The Balaban J connectivity index is 1.89. The monoisotopic (exact) mass is 386 g/mol. The third-order valence-electron chi connectivity index (χ3n) is 5.81. The van der Waals surface area contributed by atoms with Gasteiger partial charge in [-0.3, -0.25) is 24.1 Å². The highest BCUT2D eigenvalue weighted by Gasteiger charge is 2.46. The third-order valence-corrected chi connectivity index (χ3v) is 5.81. The molecule has 3 rings (SSSR count). The van der Waals surface area contributed by atoms with Gasteiger partial charge in [-0.25, -0.2) is 0 Å². The molecule has 2 heterocycles. The van der Waals surface area contributed by atoms with Crippen LogP contribution in [0.1, 0.15) is 53.8 Å². The highest BCUT2D eigenvalue weighted by Crippen LogP contribution is 2.30. The van der Waals surface area contributed by atoms with Crippen molar-refractivity contribution in [3.8, 4) is 0 Å². The lowest BCUT2D eigenvalue weighted by molar-refractivity contribution is -0.150. The first kappa shape index (κ1) is 20.0. The van der Waals surface area contributed by atoms with Crippen molar-refractivity contribution in [3.05, 3.63) is 35.4 Å². The van der Waals surface area contributed by atoms with E-state index in [1.807, 2.05) is 13.8 Å². The molecule has 0 radical (unpaired) electrons. The van der Waals surface area contributed by atoms with Crippen molar-refractivity contribution in [2.45, 2.75) is 39.2 Å². The first-order valence-electron chi connectivity index (χ1n) is 9.74. The lowest BCUT2D eigenvalue weighted by Gasteiger charge is -2.37. The van der Waals surface area contributed by atoms with Crippen molar-refractivity contribution >= 4 is 23.7 Å². The molecule has 0 spiro atoms. The van der Waals surface area contributed by atoms with Crippen LogP contribution in [-0.2, 0) is 14.3 Å². The summed E-state index contributed by atoms with van der Waals surface area (Å²) in [4.78, 5) is 53.9. The standard InChI is InChI=1S/C21H26N2O5/c1-4-13(2)17(20(26)22-11-7-8-14(12-22)21(27)28-3)23-18(24)15-9-5-6-10-16(15)19(23)25/h5-6,9-10,13-14,17H,4,7-8,11-12H2,1-3H3. The number of imide groups is 1. The number of esters is 1. The number of piperidine rings is 1. The van der Waals surface area contributed by atoms with E-state index in [9.17, 15) is 19.2 Å². The second-order valence-corrected chi connectivity index (χ2v) is 7.50. The Bertz CT molecular complexity index is 771. The van der Waals surface area contributed by atoms with E-state index in [2.05, 4.69) is 0 Å². The molecule has 150 valence electrons. The number of amides is 3. The van der Waals surface area contributed by atoms with E-state index in [4.69, 9.17) is 4.74 Å². The molecule has 0 saturated carbocycles. The minimum Gasteiger partial charge on any atom is -0.469 e. The van der Waals surface area contributed by atoms with Crippen LogP contribution in [0.25, 0.3) is 0 Å². The van der Waals surface area contributed by atoms with E-state index < -0.39 is 17.9 Å². The Morgan fingerprint density at radius 3 is 2.32 bits per heavy atom. The van der Waals surface area contributed by atoms with Crippen LogP contribution in [0, 0.1) is 11.8 Å². The maximum Gasteiger partial charge on any atom is 0.310 e. The number of methoxy groups -OCH3 is 1. The quantitative estimate of drug-likeness (QED) is 0.572. The lowest BCUT2D eigenvalue weighted by Crippen LogP contribution is -2.56. The SMILES string of the molecule is CCC(C)C(C(=O)N1CCCC(C(=O)OC)C1)N1C(=O)c2ccccc2C1=O. The summed E-state index contributed by atoms with van der Waals surface area (Å²) in [5.41, 5.74) is 0.666. The summed E-state index contributed by atoms with van der Waals surface area (Å²) in [7, 11) is 1.34. The average molecular weight is 386 g/mol. The molecule has 1 fully saturated rings. The van der Waals surface area contributed by atoms with Gasteiger partial charge in [0.05, 0.1) is 24.2 Å². The van der Waals surface area contributed by atoms with Crippen LogP contribution in [0.3, 0.4) is 0 Å². The summed E-state index contributed by atoms with van der Waals surface area (Å²) in [5, 5.41) is 0. The van der Waals surface area contributed by atoms with Gasteiger partial charge in [-0.05, 0) is 30.9 Å². The molecular weight excluding hydrogens is 360 g/mol. The fraction of sp³-hybridized carbons (Fsp3) is 0.524. The fourth-order valence-corrected chi connectivity index (χ4v) is 4.02. The van der Waals surface area contributed by atoms with Gasteiger partial charge in [-0.2, -0.15) is 0 Å². The highest BCUT2D eigenvalue weighted by atomic mass is 16.5. The first-order chi connectivity index (χ1) is 13.4. The van der Waals surface area contributed by atoms with E-state index in [1.54, 1.807) is 29.2 Å². The predicted molar refractivity (Wildman–Crippen MR) is 102 cm³/mol. The summed E-state index contributed by atoms with van der Waals surface area (Å²) >= 11 is 0. The molecule has 3 unspecified atom stereocenters. The fourth-order valence-electron chi connectivity index (χ4n) is 4.02. The molecule has 1 aromatic rings. The van der Waals surface area contributed by atoms with Gasteiger partial charge in [-0.1, -0.05) is 32.4 Å². The van der Waals surface area contributed by atoms with Gasteiger partial charge in [0.2, 0.25) is 5.91 Å². The summed E-state index contributed by atoms with van der Waals surface area (Å²) in [5.74, 6) is -2.05. The number of likely N-dealkylation sites (tertiary alicyclic amines) is 1. The zero-order valence-corrected chi connectivity index (χ0v) is 16.5. The number of carbonyl (C=O) groups is 4. The zero-order valence-electron chi connectivity index (χ0n) is 16.5. The molecule has 3 amide bonds. The number of carbonyl (C=O) groups excluding carboxylic acids is 4. The Hall–Kier alpha value is -2.70. The van der Waals surface area contributed by atoms with E-state index >= 15 is 0 Å². The third kappa shape index (κ3) is 3.41. The summed E-state index contributed by atoms with van der Waals surface area (Å²) in [6, 6.07) is 5.76. The van der Waals surface area contributed by atoms with Crippen LogP contribution in [0.4, 0.5) is 0 Å². The molecule has 0 bridgehead atoms. The number of benzene rings is 1. The molecule has 0 aromatic heterocycles. The number of hydrogen-bond acceptors (Lipinski definition) is 5. The molecular formula is C21H26N2O5. The number of fused-ring (bicyclic) bond motifs is 1. The van der Waals surface area contributed by atoms with Crippen molar-refractivity contribution in [1.29, 1.82) is 0 Å². The van der Waals surface area contributed by atoms with Gasteiger partial charge in [0.1, 0.15) is 6.04 Å². The predicted octanol–water partition coefficient (Wildman–Crippen LogP) is 2.11. The Morgan fingerprint density at radius 1 is 1.18 bits per heavy atom. The van der Waals surface area contributed by atoms with E-state index in [-0.39, 0.29) is 30.3 Å². The summed E-state index contributed by atoms with van der Waals surface area (Å²) < 4.78 is 4.83. The second-order valence-electron chi connectivity index (χ2n) is 7.50. The number of rotatable bonds is 5. The largest absolute Gasteiger partial charge is 0.469 e. The summed E-state index contributed by atoms with van der Waals surface area (Å²) in [6.07, 6.45) is 1.98. The zero-order chi connectivity index (χ0) is 20.4. The number of nitrogens with zero attached hydrogens (tertiary/aromatic N) is 2. The van der Waals surface area contributed by atoms with Crippen LogP contribution >= 0.6 is 0 Å². The molecule has 3 atom stereocenters. The Kier molecular flexibility index (Phi) is 5.82. The molecule has 0 aliphatic carbocycles. The van der Waals surface area contributed by atoms with Gasteiger partial charge in [0.25, 0.3) is 11.8 Å². The molecule has 1 aromatic carbocycles. The van der Waals surface area contributed by atoms with Crippen molar-refractivity contribution < 1.29 is 23.9 Å². The smallest absolute Gasteiger partial charge is 0.310 e. The second kappa shape index (κ2) is 8.12. The van der Waals surface area contributed by atoms with Crippen LogP contribution in [-0.4, -0.2) is 59.7 Å². The minimum atomic E-state index is -0.881. The molecule has 2 aliphatic heterocycles. The van der Waals surface area contributed by atoms with Gasteiger partial charge >= 0.3 is 5.97 Å². The normalized spacial score (nSPS) is 21.3. The Morgan fingerprint density at radius 2 is 1.79 bits per heavy atom. The van der Waals surface area contributed by atoms with Crippen LogP contribution in [0.15, 0.2) is 24.3 Å². The number of hydrogen-bond donors (Lipinski definition) is 0. The molecule has 0 N–H and O–H groups in total. The minimum absolute atomic E-state index is 0.201. The first-order valence-corrected chi connectivity index (χ1v) is 9.74. The van der Waals surface area contributed by atoms with Crippen molar-refractivity contribution in [2.75, 3.05) is 20.2 Å². The topological polar surface area (TPSA) is 84.0 Å². The van der Waals surface area contributed by atoms with Crippen LogP contribution in [0.2, 0.25) is 0 Å². The van der Waals surface area contributed by atoms with Crippen LogP contribution in [0.5, 0.6) is 0 Å². The average Bonchev–Trinajstić information content (AvgIpc) is 2.98. The maximum absolute atomic E-state index is 13.4. The molecule has 2 aliphatic rings. The lowest BCUT2D eigenvalue weighted by atomic mass is 9.93. The van der Waals surface area contributed by atoms with E-state index in [0.29, 0.717) is 36.9 Å². The van der Waals surface area contributed by atoms with Gasteiger partial charge < -0.3 is 9.64 Å². The molecule has 7 nitrogen and oxygen atoms in total. The molecule has 7 heteroatoms. The molecule has 1 saturated heterocycles. The summed E-state index contributed by atoms with van der Waals surface area (Å²) in [6.45, 7) is 4.55. The number of ether oxygens (including phenoxy) is 1. The van der Waals surface area contributed by atoms with Crippen molar-refractivity contribution in [2.24, 2.45) is 11.8 Å². The van der Waals surface area contributed by atoms with Gasteiger partial charge in [0, 0.05) is 13.1 Å². The van der Waals surface area contributed by atoms with Crippen molar-refractivity contribution in [3.63, 3.8) is 0 Å². The molecule has 28 heavy (non-hydrogen) atoms. The van der Waals surface area contributed by atoms with Gasteiger partial charge in [0.15, 0.2) is 0 Å². The maximum atomic E-state index is 13.4. The Labute approximate surface area is 164 Å². The van der Waals surface area contributed by atoms with Gasteiger partial charge in [-0.15, -0.1) is 0 Å².